The van der Waals surface area contributed by atoms with Gasteiger partial charge in [-0.3, -0.25) is 4.79 Å². The molecule has 0 bridgehead atoms. The summed E-state index contributed by atoms with van der Waals surface area (Å²) in [6, 6.07) is 11.4. The summed E-state index contributed by atoms with van der Waals surface area (Å²) in [5.74, 6) is -1.52. The largest absolute Gasteiger partial charge is 0.336 e. The Morgan fingerprint density at radius 1 is 1.11 bits per heavy atom. The van der Waals surface area contributed by atoms with Crippen LogP contribution in [0.4, 0.5) is 5.69 Å². The zero-order chi connectivity index (χ0) is 19.0. The molecule has 1 amide bonds. The number of aryl methyl sites for hydroxylation is 1. The zero-order valence-electron chi connectivity index (χ0n) is 15.1. The quantitative estimate of drug-likeness (QED) is 0.695. The Hall–Kier alpha value is -1.59. The van der Waals surface area contributed by atoms with E-state index in [9.17, 15) is 4.79 Å². The van der Waals surface area contributed by atoms with Gasteiger partial charge in [0.25, 0.3) is 11.7 Å². The molecule has 0 saturated carbocycles. The number of carbonyl (C=O) groups excluding carboxylic acids is 1. The first-order valence-electron chi connectivity index (χ1n) is 9.22. The average Bonchev–Trinajstić information content (AvgIpc) is 3.23. The van der Waals surface area contributed by atoms with Crippen molar-refractivity contribution in [2.45, 2.75) is 38.5 Å². The monoisotopic (exact) mass is 405 g/mol. The molecule has 4 nitrogen and oxygen atoms in total. The van der Waals surface area contributed by atoms with Crippen LogP contribution in [0.5, 0.6) is 0 Å². The number of unbranched alkanes of at least 4 members (excludes halogenated alkanes) is 1. The standard InChI is InChI=1S/C21H21Cl2NO3/c1-2-3-4-14-5-8-19-17(11-14)21(26-9-10-27-21)20(25)24(19)13-15-6-7-16(22)12-18(15)23/h5-8,11-12H,2-4,9-10,13H2,1H3. The number of rotatable bonds is 5. The first-order chi connectivity index (χ1) is 13.0. The Morgan fingerprint density at radius 2 is 1.89 bits per heavy atom. The minimum absolute atomic E-state index is 0.200. The van der Waals surface area contributed by atoms with Gasteiger partial charge in [0, 0.05) is 15.6 Å². The Morgan fingerprint density at radius 3 is 2.59 bits per heavy atom. The lowest BCUT2D eigenvalue weighted by Gasteiger charge is -2.22. The number of nitrogens with zero attached hydrogens (tertiary/aromatic N) is 1. The number of halogens is 2. The number of fused-ring (bicyclic) bond motifs is 2. The summed E-state index contributed by atoms with van der Waals surface area (Å²) >= 11 is 12.3. The summed E-state index contributed by atoms with van der Waals surface area (Å²) in [4.78, 5) is 15.0. The van der Waals surface area contributed by atoms with Crippen LogP contribution in [0, 0.1) is 0 Å². The maximum absolute atomic E-state index is 13.3. The molecule has 6 heteroatoms. The fraction of sp³-hybridized carbons (Fsp3) is 0.381. The van der Waals surface area contributed by atoms with Crippen LogP contribution in [0.2, 0.25) is 10.0 Å². The van der Waals surface area contributed by atoms with Crippen LogP contribution >= 0.6 is 23.2 Å². The number of ether oxygens (including phenoxy) is 2. The summed E-state index contributed by atoms with van der Waals surface area (Å²) in [7, 11) is 0. The molecule has 142 valence electrons. The van der Waals surface area contributed by atoms with E-state index in [2.05, 4.69) is 19.1 Å². The zero-order valence-corrected chi connectivity index (χ0v) is 16.6. The smallest absolute Gasteiger partial charge is 0.292 e. The van der Waals surface area contributed by atoms with Gasteiger partial charge in [0.1, 0.15) is 0 Å². The van der Waals surface area contributed by atoms with Crippen LogP contribution in [-0.4, -0.2) is 19.1 Å². The summed E-state index contributed by atoms with van der Waals surface area (Å²) < 4.78 is 11.7. The second-order valence-electron chi connectivity index (χ2n) is 6.90. The summed E-state index contributed by atoms with van der Waals surface area (Å²) in [5.41, 5.74) is 3.62. The van der Waals surface area contributed by atoms with Gasteiger partial charge in [-0.1, -0.05) is 48.7 Å². The fourth-order valence-electron chi connectivity index (χ4n) is 3.69. The predicted molar refractivity (Wildman–Crippen MR) is 106 cm³/mol. The van der Waals surface area contributed by atoms with E-state index in [-0.39, 0.29) is 5.91 Å². The van der Waals surface area contributed by atoms with Crippen molar-refractivity contribution in [2.75, 3.05) is 18.1 Å². The average molecular weight is 406 g/mol. The lowest BCUT2D eigenvalue weighted by molar-refractivity contribution is -0.180. The Balaban J connectivity index is 1.73. The molecular weight excluding hydrogens is 385 g/mol. The van der Waals surface area contributed by atoms with Gasteiger partial charge in [0.05, 0.1) is 25.4 Å². The minimum Gasteiger partial charge on any atom is -0.336 e. The van der Waals surface area contributed by atoms with E-state index >= 15 is 0 Å². The second kappa shape index (κ2) is 7.44. The first kappa shape index (κ1) is 18.8. The highest BCUT2D eigenvalue weighted by atomic mass is 35.5. The van der Waals surface area contributed by atoms with Gasteiger partial charge in [-0.15, -0.1) is 0 Å². The third-order valence-electron chi connectivity index (χ3n) is 5.09. The number of hydrogen-bond acceptors (Lipinski definition) is 3. The normalized spacial score (nSPS) is 17.7. The highest BCUT2D eigenvalue weighted by Gasteiger charge is 2.56. The van der Waals surface area contributed by atoms with Crippen LogP contribution in [-0.2, 0) is 33.0 Å². The van der Waals surface area contributed by atoms with Gasteiger partial charge in [-0.2, -0.15) is 0 Å². The van der Waals surface area contributed by atoms with Gasteiger partial charge in [-0.25, -0.2) is 0 Å². The van der Waals surface area contributed by atoms with Crippen LogP contribution < -0.4 is 4.90 Å². The van der Waals surface area contributed by atoms with Crippen molar-refractivity contribution in [3.05, 3.63) is 63.1 Å². The molecule has 4 rings (SSSR count). The van der Waals surface area contributed by atoms with E-state index in [4.69, 9.17) is 32.7 Å². The van der Waals surface area contributed by atoms with E-state index in [1.165, 1.54) is 5.56 Å². The molecule has 0 aliphatic carbocycles. The molecule has 1 spiro atoms. The van der Waals surface area contributed by atoms with Crippen molar-refractivity contribution in [3.63, 3.8) is 0 Å². The predicted octanol–water partition coefficient (Wildman–Crippen LogP) is 5.08. The lowest BCUT2D eigenvalue weighted by Crippen LogP contribution is -2.41. The fourth-order valence-corrected chi connectivity index (χ4v) is 4.16. The Bertz CT molecular complexity index is 878. The Kier molecular flexibility index (Phi) is 5.17. The summed E-state index contributed by atoms with van der Waals surface area (Å²) in [5, 5.41) is 1.10. The molecule has 1 saturated heterocycles. The van der Waals surface area contributed by atoms with E-state index < -0.39 is 5.79 Å². The second-order valence-corrected chi connectivity index (χ2v) is 7.74. The van der Waals surface area contributed by atoms with E-state index in [1.807, 2.05) is 12.1 Å². The van der Waals surface area contributed by atoms with Crippen molar-refractivity contribution in [3.8, 4) is 0 Å². The third kappa shape index (κ3) is 3.25. The SMILES string of the molecule is CCCCc1ccc2c(c1)C1(OCCO1)C(=O)N2Cc1ccc(Cl)cc1Cl. The molecule has 27 heavy (non-hydrogen) atoms. The van der Waals surface area contributed by atoms with Crippen molar-refractivity contribution in [1.82, 2.24) is 0 Å². The van der Waals surface area contributed by atoms with Gasteiger partial charge in [-0.05, 0) is 48.2 Å². The molecule has 2 aromatic carbocycles. The number of carbonyl (C=O) groups is 1. The van der Waals surface area contributed by atoms with Crippen molar-refractivity contribution < 1.29 is 14.3 Å². The number of benzene rings is 2. The van der Waals surface area contributed by atoms with Gasteiger partial charge in [0.2, 0.25) is 0 Å². The highest BCUT2D eigenvalue weighted by molar-refractivity contribution is 6.35. The van der Waals surface area contributed by atoms with Crippen molar-refractivity contribution in [1.29, 1.82) is 0 Å². The Labute approximate surface area is 169 Å². The summed E-state index contributed by atoms with van der Waals surface area (Å²) in [6.45, 7) is 3.31. The van der Waals surface area contributed by atoms with Crippen molar-refractivity contribution in [2.24, 2.45) is 0 Å². The summed E-state index contributed by atoms with van der Waals surface area (Å²) in [6.07, 6.45) is 3.19. The molecule has 0 atom stereocenters. The minimum atomic E-state index is -1.32. The van der Waals surface area contributed by atoms with Gasteiger partial charge >= 0.3 is 0 Å². The molecule has 0 unspecified atom stereocenters. The van der Waals surface area contributed by atoms with Gasteiger partial charge < -0.3 is 14.4 Å². The number of hydrogen-bond donors (Lipinski definition) is 0. The molecule has 2 aliphatic heterocycles. The maximum Gasteiger partial charge on any atom is 0.292 e. The van der Waals surface area contributed by atoms with E-state index in [0.717, 1.165) is 36.1 Å². The van der Waals surface area contributed by atoms with Crippen LogP contribution in [0.15, 0.2) is 36.4 Å². The lowest BCUT2D eigenvalue weighted by atomic mass is 10.0. The maximum atomic E-state index is 13.3. The van der Waals surface area contributed by atoms with Crippen LogP contribution in [0.1, 0.15) is 36.5 Å². The first-order valence-corrected chi connectivity index (χ1v) is 9.98. The molecule has 0 N–H and O–H groups in total. The van der Waals surface area contributed by atoms with E-state index in [0.29, 0.717) is 29.8 Å². The van der Waals surface area contributed by atoms with Crippen LogP contribution in [0.25, 0.3) is 0 Å². The van der Waals surface area contributed by atoms with Gasteiger partial charge in [0.15, 0.2) is 0 Å². The molecule has 2 heterocycles. The number of anilines is 1. The molecular formula is C21H21Cl2NO3. The molecule has 2 aromatic rings. The van der Waals surface area contributed by atoms with Crippen LogP contribution in [0.3, 0.4) is 0 Å². The van der Waals surface area contributed by atoms with Crippen molar-refractivity contribution >= 4 is 34.8 Å². The number of amides is 1. The molecule has 2 aliphatic rings. The topological polar surface area (TPSA) is 38.8 Å². The molecule has 1 fully saturated rings. The molecule has 0 aromatic heterocycles. The highest BCUT2D eigenvalue weighted by Crippen LogP contribution is 2.47. The van der Waals surface area contributed by atoms with E-state index in [1.54, 1.807) is 17.0 Å². The molecule has 0 radical (unpaired) electrons. The third-order valence-corrected chi connectivity index (χ3v) is 5.68.